The van der Waals surface area contributed by atoms with Crippen LogP contribution in [-0.4, -0.2) is 32.2 Å². The lowest BCUT2D eigenvalue weighted by Crippen LogP contribution is -2.43. The average molecular weight is 443 g/mol. The molecule has 24 heavy (non-hydrogen) atoms. The second-order valence-corrected chi connectivity index (χ2v) is 5.88. The van der Waals surface area contributed by atoms with Crippen molar-refractivity contribution in [3.05, 3.63) is 42.0 Å². The van der Waals surface area contributed by atoms with Crippen molar-refractivity contribution in [2.75, 3.05) is 20.2 Å². The van der Waals surface area contributed by atoms with Gasteiger partial charge in [-0.15, -0.1) is 24.0 Å². The van der Waals surface area contributed by atoms with Gasteiger partial charge in [0.1, 0.15) is 5.75 Å². The molecule has 1 aromatic carbocycles. The van der Waals surface area contributed by atoms with E-state index in [0.717, 1.165) is 57.0 Å². The Kier molecular flexibility index (Phi) is 10.5. The Labute approximate surface area is 163 Å². The van der Waals surface area contributed by atoms with Crippen LogP contribution >= 0.6 is 24.0 Å². The first-order chi connectivity index (χ1) is 11.3. The predicted octanol–water partition coefficient (Wildman–Crippen LogP) is 3.91. The van der Waals surface area contributed by atoms with Crippen LogP contribution in [0.2, 0.25) is 0 Å². The maximum absolute atomic E-state index is 5.69. The highest BCUT2D eigenvalue weighted by Gasteiger charge is 2.11. The van der Waals surface area contributed by atoms with Crippen molar-refractivity contribution in [1.82, 2.24) is 10.6 Å². The highest BCUT2D eigenvalue weighted by Crippen LogP contribution is 2.13. The van der Waals surface area contributed by atoms with E-state index >= 15 is 0 Å². The summed E-state index contributed by atoms with van der Waals surface area (Å²) >= 11 is 0. The molecular weight excluding hydrogens is 413 g/mol. The van der Waals surface area contributed by atoms with Crippen LogP contribution in [-0.2, 0) is 6.42 Å². The summed E-state index contributed by atoms with van der Waals surface area (Å²) in [5, 5.41) is 6.83. The zero-order chi connectivity index (χ0) is 16.3. The Morgan fingerprint density at radius 1 is 1.21 bits per heavy atom. The molecule has 0 spiro atoms. The molecule has 4 nitrogen and oxygen atoms in total. The summed E-state index contributed by atoms with van der Waals surface area (Å²) in [6, 6.07) is 8.88. The van der Waals surface area contributed by atoms with Gasteiger partial charge in [-0.3, -0.25) is 4.99 Å². The summed E-state index contributed by atoms with van der Waals surface area (Å²) in [5.41, 5.74) is 1.30. The topological polar surface area (TPSA) is 45.6 Å². The van der Waals surface area contributed by atoms with Crippen LogP contribution in [0.5, 0.6) is 5.75 Å². The first-order valence-electron chi connectivity index (χ1n) is 8.65. The number of unbranched alkanes of at least 4 members (excludes halogenated alkanes) is 1. The first-order valence-corrected chi connectivity index (χ1v) is 8.65. The fourth-order valence-electron chi connectivity index (χ4n) is 2.53. The Morgan fingerprint density at radius 3 is 2.54 bits per heavy atom. The van der Waals surface area contributed by atoms with Gasteiger partial charge < -0.3 is 15.4 Å². The van der Waals surface area contributed by atoms with E-state index in [4.69, 9.17) is 4.74 Å². The van der Waals surface area contributed by atoms with E-state index in [9.17, 15) is 0 Å². The lowest BCUT2D eigenvalue weighted by molar-refractivity contribution is 0.309. The van der Waals surface area contributed by atoms with Crippen molar-refractivity contribution in [3.8, 4) is 5.75 Å². The quantitative estimate of drug-likeness (QED) is 0.211. The number of ether oxygens (including phenoxy) is 1. The van der Waals surface area contributed by atoms with Gasteiger partial charge in [0.15, 0.2) is 5.96 Å². The van der Waals surface area contributed by atoms with Crippen molar-refractivity contribution in [2.45, 2.75) is 45.1 Å². The summed E-state index contributed by atoms with van der Waals surface area (Å²) in [4.78, 5) is 4.29. The lowest BCUT2D eigenvalue weighted by atomic mass is 10.1. The molecule has 0 aliphatic heterocycles. The minimum atomic E-state index is 0. The molecule has 1 aliphatic carbocycles. The van der Waals surface area contributed by atoms with Crippen molar-refractivity contribution in [3.63, 3.8) is 0 Å². The smallest absolute Gasteiger partial charge is 0.191 e. The Morgan fingerprint density at radius 2 is 1.92 bits per heavy atom. The summed E-state index contributed by atoms with van der Waals surface area (Å²) in [7, 11) is 1.82. The highest BCUT2D eigenvalue weighted by atomic mass is 127. The van der Waals surface area contributed by atoms with E-state index in [1.807, 2.05) is 7.05 Å². The van der Waals surface area contributed by atoms with Crippen LogP contribution in [0.3, 0.4) is 0 Å². The predicted molar refractivity (Wildman–Crippen MR) is 113 cm³/mol. The molecule has 5 heteroatoms. The largest absolute Gasteiger partial charge is 0.494 e. The minimum Gasteiger partial charge on any atom is -0.494 e. The third-order valence-electron chi connectivity index (χ3n) is 3.97. The van der Waals surface area contributed by atoms with E-state index in [1.165, 1.54) is 5.56 Å². The van der Waals surface area contributed by atoms with Crippen molar-refractivity contribution in [1.29, 1.82) is 0 Å². The van der Waals surface area contributed by atoms with Gasteiger partial charge in [-0.25, -0.2) is 0 Å². The molecule has 0 saturated heterocycles. The third kappa shape index (κ3) is 7.55. The van der Waals surface area contributed by atoms with Crippen LogP contribution in [0, 0.1) is 0 Å². The Balaban J connectivity index is 0.00000288. The first kappa shape index (κ1) is 20.8. The van der Waals surface area contributed by atoms with E-state index in [0.29, 0.717) is 6.04 Å². The summed E-state index contributed by atoms with van der Waals surface area (Å²) < 4.78 is 5.69. The average Bonchev–Trinajstić information content (AvgIpc) is 3.08. The molecule has 0 unspecified atom stereocenters. The number of hydrogen-bond acceptors (Lipinski definition) is 2. The molecule has 1 aliphatic rings. The van der Waals surface area contributed by atoms with Crippen molar-refractivity contribution < 1.29 is 4.74 Å². The zero-order valence-electron chi connectivity index (χ0n) is 14.8. The van der Waals surface area contributed by atoms with Gasteiger partial charge in [0, 0.05) is 19.6 Å². The van der Waals surface area contributed by atoms with Crippen LogP contribution < -0.4 is 15.4 Å². The number of guanidine groups is 1. The number of rotatable bonds is 8. The molecule has 0 heterocycles. The number of halogens is 1. The molecule has 0 aromatic heterocycles. The van der Waals surface area contributed by atoms with Gasteiger partial charge in [-0.2, -0.15) is 0 Å². The second kappa shape index (κ2) is 12.2. The molecule has 2 N–H and O–H groups in total. The summed E-state index contributed by atoms with van der Waals surface area (Å²) in [5.74, 6) is 1.85. The molecule has 2 rings (SSSR count). The number of nitrogens with zero attached hydrogens (tertiary/aromatic N) is 1. The fraction of sp³-hybridized carbons (Fsp3) is 0.526. The van der Waals surface area contributed by atoms with E-state index < -0.39 is 0 Å². The third-order valence-corrected chi connectivity index (χ3v) is 3.97. The summed E-state index contributed by atoms with van der Waals surface area (Å²) in [6.45, 7) is 3.84. The van der Waals surface area contributed by atoms with E-state index in [2.05, 4.69) is 59.0 Å². The number of benzene rings is 1. The van der Waals surface area contributed by atoms with Crippen LogP contribution in [0.15, 0.2) is 41.4 Å². The molecule has 0 fully saturated rings. The van der Waals surface area contributed by atoms with Crippen LogP contribution in [0.25, 0.3) is 0 Å². The van der Waals surface area contributed by atoms with Crippen molar-refractivity contribution in [2.24, 2.45) is 4.99 Å². The number of nitrogens with one attached hydrogen (secondary N) is 2. The Hall–Kier alpha value is -1.24. The summed E-state index contributed by atoms with van der Waals surface area (Å²) in [6.07, 6.45) is 9.84. The standard InChI is InChI=1S/C19H29N3O.HI/c1-3-4-15-23-18-11-9-16(10-12-18)13-14-21-19(20-2)22-17-7-5-6-8-17;/h5-6,9-12,17H,3-4,7-8,13-15H2,1-2H3,(H2,20,21,22);1H. The molecule has 0 radical (unpaired) electrons. The minimum absolute atomic E-state index is 0. The molecule has 0 bridgehead atoms. The molecule has 0 atom stereocenters. The fourth-order valence-corrected chi connectivity index (χ4v) is 2.53. The molecule has 1 aromatic rings. The van der Waals surface area contributed by atoms with Crippen LogP contribution in [0.1, 0.15) is 38.2 Å². The van der Waals surface area contributed by atoms with Gasteiger partial charge in [0.05, 0.1) is 6.61 Å². The van der Waals surface area contributed by atoms with Gasteiger partial charge in [-0.05, 0) is 43.4 Å². The highest BCUT2D eigenvalue weighted by molar-refractivity contribution is 14.0. The van der Waals surface area contributed by atoms with E-state index in [1.54, 1.807) is 0 Å². The van der Waals surface area contributed by atoms with Gasteiger partial charge >= 0.3 is 0 Å². The van der Waals surface area contributed by atoms with Gasteiger partial charge in [-0.1, -0.05) is 37.6 Å². The molecule has 134 valence electrons. The normalized spacial score (nSPS) is 14.3. The maximum Gasteiger partial charge on any atom is 0.191 e. The van der Waals surface area contributed by atoms with Crippen molar-refractivity contribution >= 4 is 29.9 Å². The molecule has 0 amide bonds. The van der Waals surface area contributed by atoms with Crippen LogP contribution in [0.4, 0.5) is 0 Å². The number of aliphatic imine (C=N–C) groups is 1. The second-order valence-electron chi connectivity index (χ2n) is 5.88. The lowest BCUT2D eigenvalue weighted by Gasteiger charge is -2.16. The van der Waals surface area contributed by atoms with E-state index in [-0.39, 0.29) is 24.0 Å². The zero-order valence-corrected chi connectivity index (χ0v) is 17.1. The molecular formula is C19H30IN3O. The monoisotopic (exact) mass is 443 g/mol. The molecule has 0 saturated carbocycles. The maximum atomic E-state index is 5.69. The number of hydrogen-bond donors (Lipinski definition) is 2. The Bertz CT molecular complexity index is 506. The van der Waals surface area contributed by atoms with Gasteiger partial charge in [0.2, 0.25) is 0 Å². The SMILES string of the molecule is CCCCOc1ccc(CCNC(=NC)NC2CC=CC2)cc1.I. The van der Waals surface area contributed by atoms with Gasteiger partial charge in [0.25, 0.3) is 0 Å².